The molecule has 0 rings (SSSR count). The topological polar surface area (TPSA) is 0 Å². The molecule has 50 valence electrons. The molecular weight excluding hydrogens is 300 g/mol. The summed E-state index contributed by atoms with van der Waals surface area (Å²) in [4.78, 5) is 0. The molecule has 0 saturated heterocycles. The number of alkyl halides is 5. The molecule has 0 radical (unpaired) electrons. The summed E-state index contributed by atoms with van der Waals surface area (Å²) in [7, 11) is 0. The van der Waals surface area contributed by atoms with Crippen LogP contribution < -0.4 is 0 Å². The summed E-state index contributed by atoms with van der Waals surface area (Å²) in [6.07, 6.45) is -4.16. The van der Waals surface area contributed by atoms with Gasteiger partial charge in [-0.3, -0.25) is 0 Å². The van der Waals surface area contributed by atoms with E-state index in [0.29, 0.717) is 0 Å². The third-order valence-electron chi connectivity index (χ3n) is 0.498. The van der Waals surface area contributed by atoms with Crippen LogP contribution in [0.2, 0.25) is 0 Å². The second-order valence-corrected chi connectivity index (χ2v) is 6.61. The molecule has 0 bridgehead atoms. The van der Waals surface area contributed by atoms with Crippen LogP contribution in [0.4, 0.5) is 13.2 Å². The first-order chi connectivity index (χ1) is 3.25. The van der Waals surface area contributed by atoms with Crippen molar-refractivity contribution in [3.8, 4) is 0 Å². The molecule has 0 spiro atoms. The first-order valence-electron chi connectivity index (χ1n) is 1.69. The van der Waals surface area contributed by atoms with Crippen LogP contribution in [0.3, 0.4) is 0 Å². The van der Waals surface area contributed by atoms with E-state index in [9.17, 15) is 13.2 Å². The summed E-state index contributed by atoms with van der Waals surface area (Å²) in [5, 5.41) is 0. The molecule has 0 unspecified atom stereocenters. The molecule has 0 fully saturated rings. The van der Waals surface area contributed by atoms with Crippen molar-refractivity contribution in [1.29, 1.82) is 0 Å². The molecule has 0 aliphatic rings. The van der Waals surface area contributed by atoms with Gasteiger partial charge in [-0.15, -0.1) is 0 Å². The molecule has 0 amide bonds. The van der Waals surface area contributed by atoms with Crippen molar-refractivity contribution in [3.63, 3.8) is 0 Å². The minimum atomic E-state index is -4.16. The molecule has 5 heteroatoms. The molecule has 0 N–H and O–H groups in total. The minimum Gasteiger partial charge on any atom is -0.169 e. The lowest BCUT2D eigenvalue weighted by Crippen LogP contribution is -2.28. The zero-order valence-electron chi connectivity index (χ0n) is 3.89. The average molecular weight is 303 g/mol. The third-order valence-corrected chi connectivity index (χ3v) is 1.56. The number of hydrogen-bond acceptors (Lipinski definition) is 0. The first-order valence-corrected chi connectivity index (χ1v) is 3.57. The standard InChI is InChI=1S/C3H3BrF3I/c1-2(4,8)3(5,6)7/h1H3/t2-/m1/s1. The molecule has 0 heterocycles. The minimum absolute atomic E-state index is 1.05. The summed E-state index contributed by atoms with van der Waals surface area (Å²) in [6, 6.07) is 0. The highest BCUT2D eigenvalue weighted by Crippen LogP contribution is 2.42. The monoisotopic (exact) mass is 302 g/mol. The van der Waals surface area contributed by atoms with E-state index in [1.54, 1.807) is 0 Å². The van der Waals surface area contributed by atoms with Crippen LogP contribution in [-0.4, -0.2) is 8.51 Å². The Kier molecular flexibility index (Phi) is 2.61. The van der Waals surface area contributed by atoms with Gasteiger partial charge in [0.15, 0.2) is 2.33 Å². The largest absolute Gasteiger partial charge is 0.412 e. The Hall–Kier alpha value is 1.000. The fraction of sp³-hybridized carbons (Fsp3) is 1.00. The second kappa shape index (κ2) is 2.32. The highest BCUT2D eigenvalue weighted by atomic mass is 127. The summed E-state index contributed by atoms with van der Waals surface area (Å²) in [6.45, 7) is 1.05. The Morgan fingerprint density at radius 2 is 1.50 bits per heavy atom. The van der Waals surface area contributed by atoms with E-state index in [-0.39, 0.29) is 0 Å². The molecule has 1 atom stereocenters. The lowest BCUT2D eigenvalue weighted by molar-refractivity contribution is -0.127. The van der Waals surface area contributed by atoms with Crippen LogP contribution in [0.5, 0.6) is 0 Å². The van der Waals surface area contributed by atoms with Gasteiger partial charge in [0.05, 0.1) is 0 Å². The molecule has 8 heavy (non-hydrogen) atoms. The Morgan fingerprint density at radius 3 is 1.50 bits per heavy atom. The normalized spacial score (nSPS) is 20.2. The van der Waals surface area contributed by atoms with E-state index in [1.165, 1.54) is 22.6 Å². The number of rotatable bonds is 0. The summed E-state index contributed by atoms with van der Waals surface area (Å²) in [5.41, 5.74) is 0. The van der Waals surface area contributed by atoms with Crippen LogP contribution in [0.25, 0.3) is 0 Å². The van der Waals surface area contributed by atoms with E-state index in [4.69, 9.17) is 0 Å². The Morgan fingerprint density at radius 1 is 1.38 bits per heavy atom. The second-order valence-electron chi connectivity index (χ2n) is 1.39. The van der Waals surface area contributed by atoms with E-state index in [1.807, 2.05) is 0 Å². The highest BCUT2D eigenvalue weighted by Gasteiger charge is 2.47. The van der Waals surface area contributed by atoms with E-state index < -0.39 is 8.51 Å². The number of hydrogen-bond donors (Lipinski definition) is 0. The maximum Gasteiger partial charge on any atom is 0.412 e. The quantitative estimate of drug-likeness (QED) is 0.476. The summed E-state index contributed by atoms with van der Waals surface area (Å²) in [5.74, 6) is 0. The molecule has 0 saturated carbocycles. The predicted molar refractivity (Wildman–Crippen MR) is 37.4 cm³/mol. The van der Waals surface area contributed by atoms with Gasteiger partial charge >= 0.3 is 6.18 Å². The fourth-order valence-electron chi connectivity index (χ4n) is 0. The van der Waals surface area contributed by atoms with E-state index >= 15 is 0 Å². The maximum absolute atomic E-state index is 11.5. The van der Waals surface area contributed by atoms with Crippen molar-refractivity contribution in [3.05, 3.63) is 0 Å². The van der Waals surface area contributed by atoms with Gasteiger partial charge in [-0.2, -0.15) is 13.2 Å². The van der Waals surface area contributed by atoms with Crippen LogP contribution >= 0.6 is 38.5 Å². The first kappa shape index (κ1) is 9.00. The van der Waals surface area contributed by atoms with Gasteiger partial charge in [-0.1, -0.05) is 38.5 Å². The zero-order valence-corrected chi connectivity index (χ0v) is 7.63. The van der Waals surface area contributed by atoms with Crippen molar-refractivity contribution in [2.75, 3.05) is 0 Å². The van der Waals surface area contributed by atoms with Gasteiger partial charge in [-0.25, -0.2) is 0 Å². The zero-order chi connectivity index (χ0) is 7.00. The van der Waals surface area contributed by atoms with Gasteiger partial charge < -0.3 is 0 Å². The van der Waals surface area contributed by atoms with E-state index in [2.05, 4.69) is 15.9 Å². The van der Waals surface area contributed by atoms with Crippen molar-refractivity contribution in [2.45, 2.75) is 15.4 Å². The lowest BCUT2D eigenvalue weighted by atomic mass is 10.5. The van der Waals surface area contributed by atoms with Crippen molar-refractivity contribution in [1.82, 2.24) is 0 Å². The van der Waals surface area contributed by atoms with Crippen molar-refractivity contribution in [2.24, 2.45) is 0 Å². The number of halogens is 5. The van der Waals surface area contributed by atoms with Gasteiger partial charge in [-0.05, 0) is 6.92 Å². The van der Waals surface area contributed by atoms with Crippen LogP contribution in [-0.2, 0) is 0 Å². The van der Waals surface area contributed by atoms with Crippen LogP contribution in [0, 0.1) is 0 Å². The average Bonchev–Trinajstić information content (AvgIpc) is 1.25. The highest BCUT2D eigenvalue weighted by molar-refractivity contribution is 14.1. The fourth-order valence-corrected chi connectivity index (χ4v) is 0. The van der Waals surface area contributed by atoms with Gasteiger partial charge in [0.1, 0.15) is 0 Å². The molecule has 0 aliphatic carbocycles. The van der Waals surface area contributed by atoms with E-state index in [0.717, 1.165) is 6.92 Å². The van der Waals surface area contributed by atoms with Crippen LogP contribution in [0.1, 0.15) is 6.92 Å². The van der Waals surface area contributed by atoms with Crippen LogP contribution in [0.15, 0.2) is 0 Å². The summed E-state index contributed by atoms with van der Waals surface area (Å²) >= 11 is 3.74. The molecular formula is C3H3BrF3I. The van der Waals surface area contributed by atoms with Crippen molar-refractivity contribution < 1.29 is 13.2 Å². The Bertz CT molecular complexity index is 69.5. The SMILES string of the molecule is C[C@@](Br)(I)C(F)(F)F. The summed E-state index contributed by atoms with van der Waals surface area (Å²) < 4.78 is 32.7. The Labute approximate surface area is 67.1 Å². The molecule has 0 aromatic rings. The molecule has 0 nitrogen and oxygen atoms in total. The lowest BCUT2D eigenvalue weighted by Gasteiger charge is -2.17. The van der Waals surface area contributed by atoms with Gasteiger partial charge in [0.25, 0.3) is 0 Å². The van der Waals surface area contributed by atoms with Crippen molar-refractivity contribution >= 4 is 38.5 Å². The Balaban J connectivity index is 4.02. The predicted octanol–water partition coefficient (Wildman–Crippen LogP) is 3.09. The van der Waals surface area contributed by atoms with Gasteiger partial charge in [0.2, 0.25) is 0 Å². The van der Waals surface area contributed by atoms with Gasteiger partial charge in [0, 0.05) is 0 Å². The molecule has 0 aromatic heterocycles. The smallest absolute Gasteiger partial charge is 0.169 e. The maximum atomic E-state index is 11.5. The molecule has 0 aliphatic heterocycles. The third kappa shape index (κ3) is 2.52. The molecule has 0 aromatic carbocycles.